The Hall–Kier alpha value is -1.85. The number of carbonyl (C=O) groups excluding carboxylic acids is 3. The number of amides is 3. The fourth-order valence-corrected chi connectivity index (χ4v) is 5.97. The summed E-state index contributed by atoms with van der Waals surface area (Å²) in [5, 5.41) is 6.19. The maximum atomic E-state index is 13.0. The van der Waals surface area contributed by atoms with E-state index in [-0.39, 0.29) is 35.6 Å². The summed E-state index contributed by atoms with van der Waals surface area (Å²) in [7, 11) is 0. The summed E-state index contributed by atoms with van der Waals surface area (Å²) in [6.07, 6.45) is 10.4. The van der Waals surface area contributed by atoms with Crippen LogP contribution in [0.15, 0.2) is 11.6 Å². The Morgan fingerprint density at radius 2 is 1.84 bits per heavy atom. The van der Waals surface area contributed by atoms with Gasteiger partial charge in [0.05, 0.1) is 0 Å². The fraction of sp³-hybridized carbons (Fsp3) is 0.808. The minimum atomic E-state index is -0.0308. The SMILES string of the molecule is CC(=O)N[C@H]1CCN(C(=O)C[C@@H]2C[C@@H](C(C)C)[C@H](CNC(=O)C3CCCCC3)C=C2C)C1. The molecule has 1 aliphatic heterocycles. The van der Waals surface area contributed by atoms with Crippen LogP contribution in [0.2, 0.25) is 0 Å². The lowest BCUT2D eigenvalue weighted by Crippen LogP contribution is -2.40. The summed E-state index contributed by atoms with van der Waals surface area (Å²) < 4.78 is 0. The number of likely N-dealkylation sites (tertiary alicyclic amines) is 1. The van der Waals surface area contributed by atoms with Crippen LogP contribution in [0, 0.1) is 29.6 Å². The molecule has 0 bridgehead atoms. The van der Waals surface area contributed by atoms with Crippen LogP contribution in [-0.2, 0) is 14.4 Å². The Balaban J connectivity index is 1.55. The number of hydrogen-bond acceptors (Lipinski definition) is 3. The molecule has 0 spiro atoms. The van der Waals surface area contributed by atoms with Gasteiger partial charge >= 0.3 is 0 Å². The molecule has 6 nitrogen and oxygen atoms in total. The zero-order valence-corrected chi connectivity index (χ0v) is 20.5. The first kappa shape index (κ1) is 24.8. The van der Waals surface area contributed by atoms with Crippen molar-refractivity contribution in [3.63, 3.8) is 0 Å². The minimum absolute atomic E-state index is 0.0308. The third-order valence-electron chi connectivity index (χ3n) is 7.94. The van der Waals surface area contributed by atoms with Gasteiger partial charge in [-0.25, -0.2) is 0 Å². The Bertz CT molecular complexity index is 711. The molecule has 2 N–H and O–H groups in total. The smallest absolute Gasteiger partial charge is 0.223 e. The van der Waals surface area contributed by atoms with E-state index < -0.39 is 0 Å². The molecule has 2 fully saturated rings. The Labute approximate surface area is 193 Å². The van der Waals surface area contributed by atoms with Crippen molar-refractivity contribution >= 4 is 17.7 Å². The van der Waals surface area contributed by atoms with E-state index in [1.807, 2.05) is 4.90 Å². The first-order chi connectivity index (χ1) is 15.2. The molecule has 32 heavy (non-hydrogen) atoms. The summed E-state index contributed by atoms with van der Waals surface area (Å²) in [4.78, 5) is 38.8. The van der Waals surface area contributed by atoms with E-state index in [4.69, 9.17) is 0 Å². The number of hydrogen-bond donors (Lipinski definition) is 2. The second-order valence-electron chi connectivity index (χ2n) is 10.7. The monoisotopic (exact) mass is 445 g/mol. The number of carbonyl (C=O) groups is 3. The van der Waals surface area contributed by atoms with Gasteiger partial charge < -0.3 is 15.5 Å². The highest BCUT2D eigenvalue weighted by atomic mass is 16.2. The second kappa shape index (κ2) is 11.3. The second-order valence-corrected chi connectivity index (χ2v) is 10.7. The summed E-state index contributed by atoms with van der Waals surface area (Å²) >= 11 is 0. The minimum Gasteiger partial charge on any atom is -0.355 e. The zero-order valence-electron chi connectivity index (χ0n) is 20.5. The van der Waals surface area contributed by atoms with Crippen LogP contribution >= 0.6 is 0 Å². The average Bonchev–Trinajstić information content (AvgIpc) is 3.21. The molecule has 3 amide bonds. The highest BCUT2D eigenvalue weighted by Gasteiger charge is 2.35. The number of nitrogens with zero attached hydrogens (tertiary/aromatic N) is 1. The van der Waals surface area contributed by atoms with Gasteiger partial charge in [-0.05, 0) is 56.3 Å². The molecular formula is C26H43N3O3. The van der Waals surface area contributed by atoms with Gasteiger partial charge in [-0.3, -0.25) is 14.4 Å². The van der Waals surface area contributed by atoms with E-state index >= 15 is 0 Å². The molecule has 0 aromatic rings. The van der Waals surface area contributed by atoms with Gasteiger partial charge in [-0.15, -0.1) is 0 Å². The molecule has 0 aromatic heterocycles. The van der Waals surface area contributed by atoms with E-state index in [0.29, 0.717) is 37.3 Å². The summed E-state index contributed by atoms with van der Waals surface area (Å²) in [6, 6.07) is 0.0833. The Morgan fingerprint density at radius 1 is 1.12 bits per heavy atom. The van der Waals surface area contributed by atoms with Crippen LogP contribution in [0.1, 0.15) is 79.1 Å². The van der Waals surface area contributed by atoms with E-state index in [1.165, 1.54) is 31.8 Å². The first-order valence-electron chi connectivity index (χ1n) is 12.8. The average molecular weight is 446 g/mol. The normalized spacial score (nSPS) is 29.0. The predicted molar refractivity (Wildman–Crippen MR) is 127 cm³/mol. The van der Waals surface area contributed by atoms with Crippen LogP contribution in [0.5, 0.6) is 0 Å². The molecule has 1 saturated heterocycles. The van der Waals surface area contributed by atoms with Crippen molar-refractivity contribution in [3.8, 4) is 0 Å². The highest BCUT2D eigenvalue weighted by Crippen LogP contribution is 2.39. The number of allylic oxidation sites excluding steroid dienone is 1. The molecule has 2 aliphatic carbocycles. The molecule has 1 heterocycles. The van der Waals surface area contributed by atoms with Crippen LogP contribution in [-0.4, -0.2) is 48.3 Å². The fourth-order valence-electron chi connectivity index (χ4n) is 5.97. The lowest BCUT2D eigenvalue weighted by molar-refractivity contribution is -0.131. The van der Waals surface area contributed by atoms with Gasteiger partial charge in [0.1, 0.15) is 0 Å². The topological polar surface area (TPSA) is 78.5 Å². The van der Waals surface area contributed by atoms with E-state index in [9.17, 15) is 14.4 Å². The van der Waals surface area contributed by atoms with Crippen molar-refractivity contribution < 1.29 is 14.4 Å². The van der Waals surface area contributed by atoms with Crippen LogP contribution in [0.3, 0.4) is 0 Å². The summed E-state index contributed by atoms with van der Waals surface area (Å²) in [5.74, 6) is 2.17. The third-order valence-corrected chi connectivity index (χ3v) is 7.94. The maximum Gasteiger partial charge on any atom is 0.223 e. The Morgan fingerprint density at radius 3 is 2.50 bits per heavy atom. The van der Waals surface area contributed by atoms with Gasteiger partial charge in [-0.1, -0.05) is 44.8 Å². The molecular weight excluding hydrogens is 402 g/mol. The van der Waals surface area contributed by atoms with Crippen molar-refractivity contribution in [2.24, 2.45) is 29.6 Å². The van der Waals surface area contributed by atoms with Crippen LogP contribution < -0.4 is 10.6 Å². The van der Waals surface area contributed by atoms with Crippen LogP contribution in [0.4, 0.5) is 0 Å². The molecule has 3 rings (SSSR count). The van der Waals surface area contributed by atoms with Gasteiger partial charge in [0.2, 0.25) is 17.7 Å². The largest absolute Gasteiger partial charge is 0.355 e. The van der Waals surface area contributed by atoms with Crippen molar-refractivity contribution in [2.45, 2.75) is 85.1 Å². The predicted octanol–water partition coefficient (Wildman–Crippen LogP) is 3.66. The standard InChI is InChI=1S/C26H43N3O3/c1-17(2)24-13-21(14-25(31)29-11-10-23(16-29)28-19(4)30)18(3)12-22(24)15-27-26(32)20-8-6-5-7-9-20/h12,17,20-24H,5-11,13-16H2,1-4H3,(H,27,32)(H,28,30)/t21-,22-,23-,24-/m0/s1. The van der Waals surface area contributed by atoms with Gasteiger partial charge in [-0.2, -0.15) is 0 Å². The first-order valence-corrected chi connectivity index (χ1v) is 12.8. The molecule has 4 atom stereocenters. The summed E-state index contributed by atoms with van der Waals surface area (Å²) in [6.45, 7) is 10.2. The molecule has 6 heteroatoms. The molecule has 1 saturated carbocycles. The molecule has 0 unspecified atom stereocenters. The van der Waals surface area contributed by atoms with Crippen LogP contribution in [0.25, 0.3) is 0 Å². The van der Waals surface area contributed by atoms with Gasteiger partial charge in [0, 0.05) is 44.9 Å². The zero-order chi connectivity index (χ0) is 23.3. The quantitative estimate of drug-likeness (QED) is 0.587. The van der Waals surface area contributed by atoms with Crippen molar-refractivity contribution in [2.75, 3.05) is 19.6 Å². The lowest BCUT2D eigenvalue weighted by atomic mass is 9.69. The third kappa shape index (κ3) is 6.58. The van der Waals surface area contributed by atoms with E-state index in [2.05, 4.69) is 37.5 Å². The van der Waals surface area contributed by atoms with E-state index in [1.54, 1.807) is 0 Å². The van der Waals surface area contributed by atoms with Crippen molar-refractivity contribution in [1.82, 2.24) is 15.5 Å². The van der Waals surface area contributed by atoms with Gasteiger partial charge in [0.15, 0.2) is 0 Å². The lowest BCUT2D eigenvalue weighted by Gasteiger charge is -2.38. The highest BCUT2D eigenvalue weighted by molar-refractivity contribution is 5.79. The van der Waals surface area contributed by atoms with Gasteiger partial charge in [0.25, 0.3) is 0 Å². The maximum absolute atomic E-state index is 13.0. The van der Waals surface area contributed by atoms with E-state index in [0.717, 1.165) is 32.2 Å². The molecule has 0 radical (unpaired) electrons. The number of rotatable bonds is 7. The molecule has 180 valence electrons. The van der Waals surface area contributed by atoms with Crippen molar-refractivity contribution in [1.29, 1.82) is 0 Å². The van der Waals surface area contributed by atoms with Crippen molar-refractivity contribution in [3.05, 3.63) is 11.6 Å². The number of nitrogens with one attached hydrogen (secondary N) is 2. The summed E-state index contributed by atoms with van der Waals surface area (Å²) in [5.41, 5.74) is 1.28. The molecule has 0 aromatic carbocycles. The molecule has 3 aliphatic rings. The Kier molecular flexibility index (Phi) is 8.78.